The molecule has 0 aliphatic carbocycles. The maximum atomic E-state index is 11.1. The second-order valence-electron chi connectivity index (χ2n) is 3.99. The van der Waals surface area contributed by atoms with Gasteiger partial charge in [0.1, 0.15) is 5.75 Å². The first-order valence-corrected chi connectivity index (χ1v) is 6.93. The summed E-state index contributed by atoms with van der Waals surface area (Å²) in [5, 5.41) is 9.12. The van der Waals surface area contributed by atoms with Crippen LogP contribution in [0.5, 0.6) is 5.75 Å². The van der Waals surface area contributed by atoms with Gasteiger partial charge in [0.25, 0.3) is 0 Å². The van der Waals surface area contributed by atoms with Gasteiger partial charge in [-0.3, -0.25) is 0 Å². The van der Waals surface area contributed by atoms with E-state index in [1.165, 1.54) is 13.2 Å². The molecule has 0 radical (unpaired) electrons. The van der Waals surface area contributed by atoms with Gasteiger partial charge >= 0.3 is 5.97 Å². The Morgan fingerprint density at radius 3 is 2.58 bits per heavy atom. The third-order valence-electron chi connectivity index (χ3n) is 2.79. The number of carboxylic acid groups (broad SMARTS) is 1. The van der Waals surface area contributed by atoms with E-state index in [1.807, 2.05) is 36.6 Å². The first-order chi connectivity index (χ1) is 9.13. The van der Waals surface area contributed by atoms with E-state index >= 15 is 0 Å². The minimum atomic E-state index is -0.957. The molecule has 0 unspecified atom stereocenters. The molecule has 0 heterocycles. The molecule has 2 aromatic carbocycles. The lowest BCUT2D eigenvalue weighted by Crippen LogP contribution is -1.97. The molecule has 0 saturated carbocycles. The standard InChI is InChI=1S/C15H14O3S/c1-18-13-7-11(6-12(8-13)15(16)17)10-4-3-5-14(9-10)19-2/h3-9H,1-2H3,(H,16,17). The van der Waals surface area contributed by atoms with Crippen LogP contribution in [0, 0.1) is 0 Å². The highest BCUT2D eigenvalue weighted by atomic mass is 32.2. The van der Waals surface area contributed by atoms with E-state index in [0.29, 0.717) is 5.75 Å². The Bertz CT molecular complexity index is 608. The van der Waals surface area contributed by atoms with E-state index in [0.717, 1.165) is 16.0 Å². The van der Waals surface area contributed by atoms with Crippen LogP contribution < -0.4 is 4.74 Å². The van der Waals surface area contributed by atoms with Crippen molar-refractivity contribution in [3.63, 3.8) is 0 Å². The van der Waals surface area contributed by atoms with Crippen molar-refractivity contribution in [1.29, 1.82) is 0 Å². The molecule has 0 aromatic heterocycles. The van der Waals surface area contributed by atoms with Crippen molar-refractivity contribution in [1.82, 2.24) is 0 Å². The topological polar surface area (TPSA) is 46.5 Å². The average molecular weight is 274 g/mol. The summed E-state index contributed by atoms with van der Waals surface area (Å²) in [6, 6.07) is 13.0. The minimum absolute atomic E-state index is 0.226. The lowest BCUT2D eigenvalue weighted by Gasteiger charge is -2.08. The fourth-order valence-corrected chi connectivity index (χ4v) is 2.27. The summed E-state index contributed by atoms with van der Waals surface area (Å²) in [7, 11) is 1.53. The second-order valence-corrected chi connectivity index (χ2v) is 4.87. The number of benzene rings is 2. The van der Waals surface area contributed by atoms with Crippen LogP contribution in [-0.4, -0.2) is 24.4 Å². The lowest BCUT2D eigenvalue weighted by atomic mass is 10.0. The van der Waals surface area contributed by atoms with Gasteiger partial charge in [0.05, 0.1) is 12.7 Å². The van der Waals surface area contributed by atoms with Crippen molar-refractivity contribution in [3.8, 4) is 16.9 Å². The minimum Gasteiger partial charge on any atom is -0.497 e. The van der Waals surface area contributed by atoms with Crippen LogP contribution in [0.1, 0.15) is 10.4 Å². The van der Waals surface area contributed by atoms with Crippen molar-refractivity contribution >= 4 is 17.7 Å². The number of aromatic carboxylic acids is 1. The van der Waals surface area contributed by atoms with Crippen molar-refractivity contribution in [3.05, 3.63) is 48.0 Å². The predicted octanol–water partition coefficient (Wildman–Crippen LogP) is 3.78. The van der Waals surface area contributed by atoms with Crippen molar-refractivity contribution in [2.45, 2.75) is 4.90 Å². The molecule has 1 N–H and O–H groups in total. The zero-order chi connectivity index (χ0) is 13.8. The van der Waals surface area contributed by atoms with E-state index in [-0.39, 0.29) is 5.56 Å². The summed E-state index contributed by atoms with van der Waals surface area (Å²) in [6.45, 7) is 0. The van der Waals surface area contributed by atoms with Gasteiger partial charge in [-0.2, -0.15) is 0 Å². The molecule has 3 nitrogen and oxygen atoms in total. The van der Waals surface area contributed by atoms with Crippen LogP contribution in [0.3, 0.4) is 0 Å². The average Bonchev–Trinajstić information content (AvgIpc) is 2.46. The van der Waals surface area contributed by atoms with Gasteiger partial charge in [-0.05, 0) is 47.7 Å². The number of carbonyl (C=O) groups is 1. The SMILES string of the molecule is COc1cc(C(=O)O)cc(-c2cccc(SC)c2)c1. The summed E-state index contributed by atoms with van der Waals surface area (Å²) in [6.07, 6.45) is 2.01. The van der Waals surface area contributed by atoms with E-state index in [4.69, 9.17) is 9.84 Å². The van der Waals surface area contributed by atoms with Crippen LogP contribution in [0.25, 0.3) is 11.1 Å². The molecule has 4 heteroatoms. The van der Waals surface area contributed by atoms with Gasteiger partial charge in [-0.25, -0.2) is 4.79 Å². The van der Waals surface area contributed by atoms with Gasteiger partial charge in [0.2, 0.25) is 0 Å². The lowest BCUT2D eigenvalue weighted by molar-refractivity contribution is 0.0696. The Balaban J connectivity index is 2.53. The first kappa shape index (κ1) is 13.5. The summed E-state index contributed by atoms with van der Waals surface area (Å²) in [5.74, 6) is -0.411. The maximum Gasteiger partial charge on any atom is 0.335 e. The highest BCUT2D eigenvalue weighted by Crippen LogP contribution is 2.28. The molecule has 0 spiro atoms. The summed E-state index contributed by atoms with van der Waals surface area (Å²) in [5.41, 5.74) is 2.05. The van der Waals surface area contributed by atoms with E-state index in [2.05, 4.69) is 0 Å². The van der Waals surface area contributed by atoms with Crippen LogP contribution in [-0.2, 0) is 0 Å². The molecular weight excluding hydrogens is 260 g/mol. The zero-order valence-corrected chi connectivity index (χ0v) is 11.5. The summed E-state index contributed by atoms with van der Waals surface area (Å²) >= 11 is 1.65. The molecule has 0 atom stereocenters. The number of rotatable bonds is 4. The van der Waals surface area contributed by atoms with E-state index in [1.54, 1.807) is 17.8 Å². The van der Waals surface area contributed by atoms with Crippen LogP contribution in [0.4, 0.5) is 0 Å². The number of ether oxygens (including phenoxy) is 1. The number of hydrogen-bond acceptors (Lipinski definition) is 3. The molecule has 0 aliphatic rings. The highest BCUT2D eigenvalue weighted by Gasteiger charge is 2.09. The Morgan fingerprint density at radius 1 is 1.16 bits per heavy atom. The number of carboxylic acids is 1. The zero-order valence-electron chi connectivity index (χ0n) is 10.7. The number of methoxy groups -OCH3 is 1. The molecule has 0 saturated heterocycles. The van der Waals surface area contributed by atoms with Gasteiger partial charge in [0.15, 0.2) is 0 Å². The fraction of sp³-hybridized carbons (Fsp3) is 0.133. The second kappa shape index (κ2) is 5.80. The molecule has 0 aliphatic heterocycles. The van der Waals surface area contributed by atoms with Crippen LogP contribution in [0.15, 0.2) is 47.4 Å². The molecule has 0 fully saturated rings. The third-order valence-corrected chi connectivity index (χ3v) is 3.52. The number of thioether (sulfide) groups is 1. The Labute approximate surface area is 116 Å². The Kier molecular flexibility index (Phi) is 4.12. The summed E-state index contributed by atoms with van der Waals surface area (Å²) < 4.78 is 5.16. The third kappa shape index (κ3) is 3.09. The largest absolute Gasteiger partial charge is 0.497 e. The van der Waals surface area contributed by atoms with E-state index in [9.17, 15) is 4.79 Å². The molecule has 19 heavy (non-hydrogen) atoms. The monoisotopic (exact) mass is 274 g/mol. The Morgan fingerprint density at radius 2 is 1.95 bits per heavy atom. The highest BCUT2D eigenvalue weighted by molar-refractivity contribution is 7.98. The number of hydrogen-bond donors (Lipinski definition) is 1. The predicted molar refractivity (Wildman–Crippen MR) is 77.2 cm³/mol. The van der Waals surface area contributed by atoms with Gasteiger partial charge in [-0.15, -0.1) is 11.8 Å². The quantitative estimate of drug-likeness (QED) is 0.862. The molecule has 2 rings (SSSR count). The molecular formula is C15H14O3S. The maximum absolute atomic E-state index is 11.1. The van der Waals surface area contributed by atoms with Gasteiger partial charge in [0, 0.05) is 4.90 Å². The molecule has 98 valence electrons. The van der Waals surface area contributed by atoms with E-state index < -0.39 is 5.97 Å². The molecule has 2 aromatic rings. The summed E-state index contributed by atoms with van der Waals surface area (Å²) in [4.78, 5) is 12.3. The van der Waals surface area contributed by atoms with Crippen molar-refractivity contribution < 1.29 is 14.6 Å². The normalized spacial score (nSPS) is 10.2. The van der Waals surface area contributed by atoms with Crippen LogP contribution >= 0.6 is 11.8 Å². The van der Waals surface area contributed by atoms with Crippen molar-refractivity contribution in [2.24, 2.45) is 0 Å². The van der Waals surface area contributed by atoms with Gasteiger partial charge < -0.3 is 9.84 Å². The van der Waals surface area contributed by atoms with Gasteiger partial charge in [-0.1, -0.05) is 12.1 Å². The smallest absolute Gasteiger partial charge is 0.335 e. The molecule has 0 amide bonds. The first-order valence-electron chi connectivity index (χ1n) is 5.71. The Hall–Kier alpha value is -1.94. The molecule has 0 bridgehead atoms. The van der Waals surface area contributed by atoms with Crippen LogP contribution in [0.2, 0.25) is 0 Å². The fourth-order valence-electron chi connectivity index (χ4n) is 1.81. The van der Waals surface area contributed by atoms with Crippen molar-refractivity contribution in [2.75, 3.05) is 13.4 Å².